The van der Waals surface area contributed by atoms with Crippen molar-refractivity contribution in [1.82, 2.24) is 10.2 Å². The molecule has 2 fully saturated rings. The molecule has 0 aromatic heterocycles. The van der Waals surface area contributed by atoms with Crippen LogP contribution in [0.4, 0.5) is 18.9 Å². The maximum absolute atomic E-state index is 13.0. The highest BCUT2D eigenvalue weighted by atomic mass is 19.4. The molecular weight excluding hydrogens is 463 g/mol. The first-order valence-corrected chi connectivity index (χ1v) is 11.6. The van der Waals surface area contributed by atoms with Crippen molar-refractivity contribution < 1.29 is 32.5 Å². The van der Waals surface area contributed by atoms with Crippen LogP contribution >= 0.6 is 0 Å². The van der Waals surface area contributed by atoms with Gasteiger partial charge in [-0.15, -0.1) is 0 Å². The lowest BCUT2D eigenvalue weighted by Crippen LogP contribution is -2.51. The quantitative estimate of drug-likeness (QED) is 0.617. The molecule has 2 aliphatic heterocycles. The third-order valence-corrected chi connectivity index (χ3v) is 6.50. The highest BCUT2D eigenvalue weighted by molar-refractivity contribution is 5.79. The summed E-state index contributed by atoms with van der Waals surface area (Å²) in [6, 6.07) is 12.1. The number of piperazine rings is 1. The first kappa shape index (κ1) is 25.3. The Hall–Kier alpha value is -2.82. The van der Waals surface area contributed by atoms with Gasteiger partial charge in [-0.25, -0.2) is 0 Å². The van der Waals surface area contributed by atoms with Crippen LogP contribution in [0.15, 0.2) is 48.5 Å². The van der Waals surface area contributed by atoms with E-state index < -0.39 is 30.0 Å². The minimum atomic E-state index is -4.37. The number of carbonyl (C=O) groups excluding carboxylic acids is 1. The molecule has 0 bridgehead atoms. The van der Waals surface area contributed by atoms with Crippen molar-refractivity contribution in [2.45, 2.75) is 30.8 Å². The van der Waals surface area contributed by atoms with E-state index >= 15 is 0 Å². The summed E-state index contributed by atoms with van der Waals surface area (Å²) in [4.78, 5) is 16.5. The van der Waals surface area contributed by atoms with E-state index in [0.717, 1.165) is 11.6 Å². The average Bonchev–Trinajstić information content (AvgIpc) is 3.18. The first-order valence-electron chi connectivity index (χ1n) is 11.6. The average molecular weight is 494 g/mol. The fraction of sp³-hybridized carbons (Fsp3) is 0.480. The van der Waals surface area contributed by atoms with Gasteiger partial charge in [0.2, 0.25) is 5.91 Å². The van der Waals surface area contributed by atoms with Gasteiger partial charge in [0.25, 0.3) is 0 Å². The van der Waals surface area contributed by atoms with Gasteiger partial charge in [0, 0.05) is 38.4 Å². The second kappa shape index (κ2) is 10.8. The van der Waals surface area contributed by atoms with E-state index in [-0.39, 0.29) is 18.9 Å². The SMILES string of the molecule is COc1ccc(CC(=O)NC2COC(CN3CCN(c4cccc(C(F)(F)F)c4)CC3)C2O)cc1. The summed E-state index contributed by atoms with van der Waals surface area (Å²) in [6.07, 6.45) is -5.46. The standard InChI is InChI=1S/C25H30F3N3O4/c1-34-20-7-5-17(6-8-20)13-23(32)29-21-16-35-22(24(21)33)15-30-9-11-31(12-10-30)19-4-2-3-18(14-19)25(26,27)28/h2-8,14,21-22,24,33H,9-13,15-16H2,1H3,(H,29,32). The van der Waals surface area contributed by atoms with Gasteiger partial charge >= 0.3 is 6.18 Å². The van der Waals surface area contributed by atoms with Crippen LogP contribution < -0.4 is 15.0 Å². The normalized spacial score (nSPS) is 23.3. The number of benzene rings is 2. The zero-order valence-electron chi connectivity index (χ0n) is 19.5. The van der Waals surface area contributed by atoms with Gasteiger partial charge in [-0.05, 0) is 35.9 Å². The molecule has 3 unspecified atom stereocenters. The van der Waals surface area contributed by atoms with E-state index in [4.69, 9.17) is 9.47 Å². The summed E-state index contributed by atoms with van der Waals surface area (Å²) in [5.41, 5.74) is 0.739. The van der Waals surface area contributed by atoms with Gasteiger partial charge in [-0.3, -0.25) is 9.69 Å². The second-order valence-electron chi connectivity index (χ2n) is 8.90. The largest absolute Gasteiger partial charge is 0.497 e. The van der Waals surface area contributed by atoms with E-state index in [1.165, 1.54) is 12.1 Å². The minimum absolute atomic E-state index is 0.190. The van der Waals surface area contributed by atoms with Crippen molar-refractivity contribution in [3.8, 4) is 5.75 Å². The van der Waals surface area contributed by atoms with Crippen molar-refractivity contribution in [2.75, 3.05) is 51.3 Å². The lowest BCUT2D eigenvalue weighted by atomic mass is 10.1. The molecule has 0 radical (unpaired) electrons. The predicted octanol–water partition coefficient (Wildman–Crippen LogP) is 2.32. The Labute approximate surface area is 202 Å². The number of carbonyl (C=O) groups is 1. The zero-order chi connectivity index (χ0) is 25.0. The number of alkyl halides is 3. The molecule has 190 valence electrons. The smallest absolute Gasteiger partial charge is 0.416 e. The fourth-order valence-corrected chi connectivity index (χ4v) is 4.48. The van der Waals surface area contributed by atoms with Gasteiger partial charge in [-0.2, -0.15) is 13.2 Å². The lowest BCUT2D eigenvalue weighted by Gasteiger charge is -2.37. The van der Waals surface area contributed by atoms with Crippen molar-refractivity contribution in [3.63, 3.8) is 0 Å². The molecule has 1 amide bonds. The third-order valence-electron chi connectivity index (χ3n) is 6.50. The number of nitrogens with one attached hydrogen (secondary N) is 1. The van der Waals surface area contributed by atoms with Crippen LogP contribution in [-0.2, 0) is 22.1 Å². The van der Waals surface area contributed by atoms with Gasteiger partial charge in [-0.1, -0.05) is 18.2 Å². The Bertz CT molecular complexity index is 994. The zero-order valence-corrected chi connectivity index (χ0v) is 19.5. The van der Waals surface area contributed by atoms with Crippen LogP contribution in [0.3, 0.4) is 0 Å². The number of hydrogen-bond acceptors (Lipinski definition) is 6. The molecule has 0 saturated carbocycles. The van der Waals surface area contributed by atoms with Crippen molar-refractivity contribution >= 4 is 11.6 Å². The fourth-order valence-electron chi connectivity index (χ4n) is 4.48. The highest BCUT2D eigenvalue weighted by Crippen LogP contribution is 2.32. The van der Waals surface area contributed by atoms with Gasteiger partial charge in [0.05, 0.1) is 37.8 Å². The van der Waals surface area contributed by atoms with E-state index in [1.807, 2.05) is 17.0 Å². The van der Waals surface area contributed by atoms with Crippen molar-refractivity contribution in [1.29, 1.82) is 0 Å². The number of nitrogens with zero attached hydrogens (tertiary/aromatic N) is 2. The Morgan fingerprint density at radius 2 is 1.86 bits per heavy atom. The maximum atomic E-state index is 13.0. The third kappa shape index (κ3) is 6.45. The van der Waals surface area contributed by atoms with E-state index in [2.05, 4.69) is 10.2 Å². The lowest BCUT2D eigenvalue weighted by molar-refractivity contribution is -0.137. The molecule has 2 heterocycles. The van der Waals surface area contributed by atoms with Gasteiger partial charge in [0.15, 0.2) is 0 Å². The molecule has 2 aliphatic rings. The summed E-state index contributed by atoms with van der Waals surface area (Å²) < 4.78 is 49.9. The summed E-state index contributed by atoms with van der Waals surface area (Å²) in [5.74, 6) is 0.519. The number of hydrogen-bond donors (Lipinski definition) is 2. The van der Waals surface area contributed by atoms with Gasteiger partial charge in [0.1, 0.15) is 11.9 Å². The predicted molar refractivity (Wildman–Crippen MR) is 124 cm³/mol. The molecule has 7 nitrogen and oxygen atoms in total. The monoisotopic (exact) mass is 493 g/mol. The number of rotatable bonds is 7. The molecule has 2 saturated heterocycles. The van der Waals surface area contributed by atoms with E-state index in [1.54, 1.807) is 25.3 Å². The number of aliphatic hydroxyl groups is 1. The van der Waals surface area contributed by atoms with Crippen LogP contribution in [0.1, 0.15) is 11.1 Å². The molecule has 0 aliphatic carbocycles. The van der Waals surface area contributed by atoms with Crippen LogP contribution in [0.2, 0.25) is 0 Å². The molecule has 35 heavy (non-hydrogen) atoms. The van der Waals surface area contributed by atoms with Crippen LogP contribution in [0, 0.1) is 0 Å². The molecule has 2 N–H and O–H groups in total. The Balaban J connectivity index is 1.23. The second-order valence-corrected chi connectivity index (χ2v) is 8.90. The minimum Gasteiger partial charge on any atom is -0.497 e. The summed E-state index contributed by atoms with van der Waals surface area (Å²) in [7, 11) is 1.58. The molecule has 4 rings (SSSR count). The Kier molecular flexibility index (Phi) is 7.83. The highest BCUT2D eigenvalue weighted by Gasteiger charge is 2.38. The van der Waals surface area contributed by atoms with E-state index in [9.17, 15) is 23.1 Å². The maximum Gasteiger partial charge on any atom is 0.416 e. The topological polar surface area (TPSA) is 74.3 Å². The van der Waals surface area contributed by atoms with Crippen molar-refractivity contribution in [2.24, 2.45) is 0 Å². The Morgan fingerprint density at radius 1 is 1.14 bits per heavy atom. The Morgan fingerprint density at radius 3 is 2.51 bits per heavy atom. The van der Waals surface area contributed by atoms with Crippen molar-refractivity contribution in [3.05, 3.63) is 59.7 Å². The summed E-state index contributed by atoms with van der Waals surface area (Å²) >= 11 is 0. The molecule has 2 aromatic carbocycles. The molecule has 3 atom stereocenters. The number of ether oxygens (including phenoxy) is 2. The number of aliphatic hydroxyl groups excluding tert-OH is 1. The summed E-state index contributed by atoms with van der Waals surface area (Å²) in [5, 5.41) is 13.6. The number of anilines is 1. The van der Waals surface area contributed by atoms with Crippen LogP contribution in [-0.4, -0.2) is 80.6 Å². The molecule has 2 aromatic rings. The number of halogens is 3. The molecule has 0 spiro atoms. The number of amides is 1. The molecular formula is C25H30F3N3O4. The number of methoxy groups -OCH3 is 1. The van der Waals surface area contributed by atoms with E-state index in [0.29, 0.717) is 44.2 Å². The van der Waals surface area contributed by atoms with Gasteiger partial charge < -0.3 is 24.8 Å². The first-order chi connectivity index (χ1) is 16.7. The molecule has 10 heteroatoms. The van der Waals surface area contributed by atoms with Crippen LogP contribution in [0.5, 0.6) is 5.75 Å². The summed E-state index contributed by atoms with van der Waals surface area (Å²) in [6.45, 7) is 3.14. The van der Waals surface area contributed by atoms with Crippen LogP contribution in [0.25, 0.3) is 0 Å².